The standard InChI is InChI=1S/C19H18N2O4/c1-11-7-8-13(19(24)25)9-14(11)20-15-10-17(22)21(18(15)23)16-6-4-3-5-12(16)2/h3-9,15,20H,10H2,1-2H3,(H,24,25). The molecule has 6 nitrogen and oxygen atoms in total. The third-order valence-electron chi connectivity index (χ3n) is 4.32. The van der Waals surface area contributed by atoms with Crippen molar-refractivity contribution in [2.45, 2.75) is 26.3 Å². The second-order valence-corrected chi connectivity index (χ2v) is 6.09. The molecule has 6 heteroatoms. The first-order chi connectivity index (χ1) is 11.9. The second-order valence-electron chi connectivity index (χ2n) is 6.09. The Balaban J connectivity index is 1.87. The lowest BCUT2D eigenvalue weighted by atomic mass is 10.1. The van der Waals surface area contributed by atoms with Crippen molar-refractivity contribution >= 4 is 29.2 Å². The first-order valence-corrected chi connectivity index (χ1v) is 7.91. The molecule has 2 N–H and O–H groups in total. The summed E-state index contributed by atoms with van der Waals surface area (Å²) in [7, 11) is 0. The third-order valence-corrected chi connectivity index (χ3v) is 4.32. The monoisotopic (exact) mass is 338 g/mol. The van der Waals surface area contributed by atoms with E-state index >= 15 is 0 Å². The number of carbonyl (C=O) groups excluding carboxylic acids is 2. The lowest BCUT2D eigenvalue weighted by Gasteiger charge is -2.18. The summed E-state index contributed by atoms with van der Waals surface area (Å²) in [4.78, 5) is 37.4. The number of carboxylic acids is 1. The summed E-state index contributed by atoms with van der Waals surface area (Å²) in [5.74, 6) is -1.65. The molecule has 128 valence electrons. The minimum atomic E-state index is -1.04. The molecular formula is C19H18N2O4. The molecule has 1 saturated heterocycles. The number of rotatable bonds is 4. The number of imide groups is 1. The fourth-order valence-corrected chi connectivity index (χ4v) is 2.91. The average Bonchev–Trinajstić information content (AvgIpc) is 2.84. The second kappa shape index (κ2) is 6.39. The van der Waals surface area contributed by atoms with Crippen LogP contribution in [0.1, 0.15) is 27.9 Å². The Bertz CT molecular complexity index is 875. The Morgan fingerprint density at radius 1 is 1.12 bits per heavy atom. The molecule has 0 radical (unpaired) electrons. The van der Waals surface area contributed by atoms with Gasteiger partial charge in [0, 0.05) is 5.69 Å². The molecule has 2 aromatic carbocycles. The van der Waals surface area contributed by atoms with E-state index in [-0.39, 0.29) is 23.8 Å². The molecule has 0 aromatic heterocycles. The number of aryl methyl sites for hydroxylation is 2. The number of amides is 2. The number of carbonyl (C=O) groups is 3. The van der Waals surface area contributed by atoms with Gasteiger partial charge in [0.2, 0.25) is 5.91 Å². The van der Waals surface area contributed by atoms with E-state index in [0.717, 1.165) is 11.1 Å². The zero-order valence-electron chi connectivity index (χ0n) is 13.9. The van der Waals surface area contributed by atoms with Gasteiger partial charge in [-0.3, -0.25) is 9.59 Å². The first kappa shape index (κ1) is 16.7. The molecular weight excluding hydrogens is 320 g/mol. The lowest BCUT2D eigenvalue weighted by molar-refractivity contribution is -0.121. The van der Waals surface area contributed by atoms with Crippen molar-refractivity contribution in [1.82, 2.24) is 0 Å². The Morgan fingerprint density at radius 3 is 2.52 bits per heavy atom. The highest BCUT2D eigenvalue weighted by Gasteiger charge is 2.40. The minimum Gasteiger partial charge on any atom is -0.478 e. The molecule has 1 unspecified atom stereocenters. The smallest absolute Gasteiger partial charge is 0.335 e. The normalized spacial score (nSPS) is 17.0. The average molecular weight is 338 g/mol. The summed E-state index contributed by atoms with van der Waals surface area (Å²) in [6.07, 6.45) is 0.0317. The van der Waals surface area contributed by atoms with Crippen molar-refractivity contribution in [2.24, 2.45) is 0 Å². The molecule has 2 amide bonds. The van der Waals surface area contributed by atoms with Crippen LogP contribution in [-0.4, -0.2) is 28.9 Å². The Labute approximate surface area is 145 Å². The molecule has 0 bridgehead atoms. The molecule has 1 aliphatic heterocycles. The van der Waals surface area contributed by atoms with Crippen molar-refractivity contribution in [3.8, 4) is 0 Å². The number of benzene rings is 2. The molecule has 3 rings (SSSR count). The van der Waals surface area contributed by atoms with Crippen LogP contribution in [-0.2, 0) is 9.59 Å². The predicted octanol–water partition coefficient (Wildman–Crippen LogP) is 2.75. The Hall–Kier alpha value is -3.15. The Morgan fingerprint density at radius 2 is 1.84 bits per heavy atom. The van der Waals surface area contributed by atoms with Gasteiger partial charge in [-0.05, 0) is 43.2 Å². The molecule has 0 aliphatic carbocycles. The molecule has 0 spiro atoms. The molecule has 2 aromatic rings. The molecule has 1 heterocycles. The van der Waals surface area contributed by atoms with E-state index < -0.39 is 12.0 Å². The van der Waals surface area contributed by atoms with Gasteiger partial charge < -0.3 is 10.4 Å². The zero-order chi connectivity index (χ0) is 18.1. The zero-order valence-corrected chi connectivity index (χ0v) is 13.9. The fraction of sp³-hybridized carbons (Fsp3) is 0.211. The van der Waals surface area contributed by atoms with E-state index in [4.69, 9.17) is 5.11 Å². The van der Waals surface area contributed by atoms with Gasteiger partial charge in [-0.2, -0.15) is 0 Å². The molecule has 25 heavy (non-hydrogen) atoms. The maximum atomic E-state index is 12.7. The summed E-state index contributed by atoms with van der Waals surface area (Å²) in [5.41, 5.74) is 2.89. The van der Waals surface area contributed by atoms with Gasteiger partial charge in [0.1, 0.15) is 6.04 Å². The number of nitrogens with one attached hydrogen (secondary N) is 1. The van der Waals surface area contributed by atoms with Crippen molar-refractivity contribution in [2.75, 3.05) is 10.2 Å². The SMILES string of the molecule is Cc1ccc(C(=O)O)cc1NC1CC(=O)N(c2ccccc2C)C1=O. The van der Waals surface area contributed by atoms with Gasteiger partial charge in [0.15, 0.2) is 0 Å². The topological polar surface area (TPSA) is 86.7 Å². The highest BCUT2D eigenvalue weighted by molar-refractivity contribution is 6.23. The predicted molar refractivity (Wildman–Crippen MR) is 93.8 cm³/mol. The number of anilines is 2. The summed E-state index contributed by atoms with van der Waals surface area (Å²) in [5, 5.41) is 12.1. The van der Waals surface area contributed by atoms with E-state index in [2.05, 4.69) is 5.32 Å². The summed E-state index contributed by atoms with van der Waals surface area (Å²) in [6, 6.07) is 11.2. The van der Waals surface area contributed by atoms with Crippen LogP contribution in [0.2, 0.25) is 0 Å². The van der Waals surface area contributed by atoms with Gasteiger partial charge in [0.05, 0.1) is 17.7 Å². The maximum Gasteiger partial charge on any atom is 0.335 e. The van der Waals surface area contributed by atoms with Crippen LogP contribution in [0.5, 0.6) is 0 Å². The highest BCUT2D eigenvalue weighted by Crippen LogP contribution is 2.28. The number of aromatic carboxylic acids is 1. The van der Waals surface area contributed by atoms with Crippen LogP contribution < -0.4 is 10.2 Å². The molecule has 1 aliphatic rings. The van der Waals surface area contributed by atoms with Crippen LogP contribution in [0.25, 0.3) is 0 Å². The van der Waals surface area contributed by atoms with Crippen LogP contribution in [0.15, 0.2) is 42.5 Å². The lowest BCUT2D eigenvalue weighted by Crippen LogP contribution is -2.35. The quantitative estimate of drug-likeness (QED) is 0.837. The largest absolute Gasteiger partial charge is 0.478 e. The summed E-state index contributed by atoms with van der Waals surface area (Å²) >= 11 is 0. The van der Waals surface area contributed by atoms with Crippen LogP contribution in [0.4, 0.5) is 11.4 Å². The van der Waals surface area contributed by atoms with Gasteiger partial charge in [-0.25, -0.2) is 9.69 Å². The van der Waals surface area contributed by atoms with Crippen LogP contribution in [0, 0.1) is 13.8 Å². The number of hydrogen-bond acceptors (Lipinski definition) is 4. The summed E-state index contributed by atoms with van der Waals surface area (Å²) in [6.45, 7) is 3.66. The van der Waals surface area contributed by atoms with Crippen molar-refractivity contribution in [1.29, 1.82) is 0 Å². The van der Waals surface area contributed by atoms with Crippen LogP contribution in [0.3, 0.4) is 0 Å². The van der Waals surface area contributed by atoms with Crippen LogP contribution >= 0.6 is 0 Å². The van der Waals surface area contributed by atoms with Gasteiger partial charge >= 0.3 is 5.97 Å². The molecule has 0 saturated carbocycles. The number of hydrogen-bond donors (Lipinski definition) is 2. The van der Waals surface area contributed by atoms with E-state index in [1.165, 1.54) is 17.0 Å². The highest BCUT2D eigenvalue weighted by atomic mass is 16.4. The summed E-state index contributed by atoms with van der Waals surface area (Å²) < 4.78 is 0. The fourth-order valence-electron chi connectivity index (χ4n) is 2.91. The van der Waals surface area contributed by atoms with Crippen molar-refractivity contribution in [3.05, 3.63) is 59.2 Å². The van der Waals surface area contributed by atoms with E-state index in [1.54, 1.807) is 18.2 Å². The van der Waals surface area contributed by atoms with Gasteiger partial charge in [-0.15, -0.1) is 0 Å². The van der Waals surface area contributed by atoms with Crippen molar-refractivity contribution < 1.29 is 19.5 Å². The number of para-hydroxylation sites is 1. The van der Waals surface area contributed by atoms with Gasteiger partial charge in [0.25, 0.3) is 5.91 Å². The minimum absolute atomic E-state index is 0.0317. The van der Waals surface area contributed by atoms with E-state index in [9.17, 15) is 14.4 Å². The number of carboxylic acid groups (broad SMARTS) is 1. The molecule has 1 atom stereocenters. The first-order valence-electron chi connectivity index (χ1n) is 7.91. The molecule has 1 fully saturated rings. The van der Waals surface area contributed by atoms with E-state index in [0.29, 0.717) is 11.4 Å². The number of nitrogens with zero attached hydrogens (tertiary/aromatic N) is 1. The maximum absolute atomic E-state index is 12.7. The van der Waals surface area contributed by atoms with E-state index in [1.807, 2.05) is 26.0 Å². The Kier molecular flexibility index (Phi) is 4.27. The van der Waals surface area contributed by atoms with Crippen molar-refractivity contribution in [3.63, 3.8) is 0 Å². The third kappa shape index (κ3) is 3.10. The van der Waals surface area contributed by atoms with Gasteiger partial charge in [-0.1, -0.05) is 24.3 Å².